The lowest BCUT2D eigenvalue weighted by molar-refractivity contribution is 0.721. The van der Waals surface area contributed by atoms with Crippen molar-refractivity contribution in [3.05, 3.63) is 11.9 Å². The van der Waals surface area contributed by atoms with Gasteiger partial charge >= 0.3 is 0 Å². The van der Waals surface area contributed by atoms with Gasteiger partial charge < -0.3 is 5.32 Å². The molecule has 0 aliphatic carbocycles. The number of nitrogens with one attached hydrogen (secondary N) is 1. The van der Waals surface area contributed by atoms with E-state index in [-0.39, 0.29) is 6.04 Å². The Hall–Kier alpha value is -0.920. The number of hydrogen-bond donors (Lipinski definition) is 1. The van der Waals surface area contributed by atoms with E-state index in [1.165, 1.54) is 0 Å². The Kier molecular flexibility index (Phi) is 2.37. The topological polar surface area (TPSA) is 37.8 Å². The summed E-state index contributed by atoms with van der Waals surface area (Å²) in [4.78, 5) is 0. The van der Waals surface area contributed by atoms with Crippen molar-refractivity contribution in [3.63, 3.8) is 0 Å². The van der Waals surface area contributed by atoms with Gasteiger partial charge in [-0.25, -0.2) is 0 Å². The fourth-order valence-corrected chi connectivity index (χ4v) is 1.06. The molecule has 1 atom stereocenters. The average Bonchev–Trinajstić information content (AvgIpc) is 2.43. The van der Waals surface area contributed by atoms with Gasteiger partial charge in [-0.15, -0.1) is 6.42 Å². The number of aromatic nitrogens is 2. The van der Waals surface area contributed by atoms with E-state index in [1.807, 2.05) is 0 Å². The number of nitrogens with zero attached hydrogens (tertiary/aromatic N) is 2. The molecule has 1 rings (SSSR count). The van der Waals surface area contributed by atoms with Gasteiger partial charge in [-0.1, -0.05) is 5.92 Å². The fourth-order valence-electron chi connectivity index (χ4n) is 0.616. The first-order valence-electron chi connectivity index (χ1n) is 2.79. The third-order valence-electron chi connectivity index (χ3n) is 1.13. The quantitative estimate of drug-likeness (QED) is 0.626. The first-order valence-corrected chi connectivity index (χ1v) is 3.52. The van der Waals surface area contributed by atoms with Crippen molar-refractivity contribution in [1.29, 1.82) is 0 Å². The average molecular weight is 153 g/mol. The van der Waals surface area contributed by atoms with Crippen LogP contribution in [0.2, 0.25) is 0 Å². The lowest BCUT2D eigenvalue weighted by atomic mass is 10.2. The molecule has 0 fully saturated rings. The van der Waals surface area contributed by atoms with Crippen LogP contribution in [0.1, 0.15) is 11.7 Å². The highest BCUT2D eigenvalue weighted by Crippen LogP contribution is 2.06. The molecule has 0 spiro atoms. The highest BCUT2D eigenvalue weighted by atomic mass is 32.1. The summed E-state index contributed by atoms with van der Waals surface area (Å²) in [6, 6.07) is -0.0984. The molecule has 0 saturated heterocycles. The molecule has 0 radical (unpaired) electrons. The highest BCUT2D eigenvalue weighted by molar-refractivity contribution is 6.99. The number of terminal acetylenes is 1. The maximum absolute atomic E-state index is 5.20. The van der Waals surface area contributed by atoms with Crippen LogP contribution in [0.3, 0.4) is 0 Å². The van der Waals surface area contributed by atoms with Crippen LogP contribution in [0.15, 0.2) is 6.20 Å². The van der Waals surface area contributed by atoms with Gasteiger partial charge in [0, 0.05) is 0 Å². The first kappa shape index (κ1) is 7.19. The summed E-state index contributed by atoms with van der Waals surface area (Å²) in [6.07, 6.45) is 6.87. The summed E-state index contributed by atoms with van der Waals surface area (Å²) in [5.41, 5.74) is 0.815. The predicted octanol–water partition coefficient (Wildman–Crippen LogP) is 0.432. The molecule has 1 aromatic heterocycles. The second-order valence-electron chi connectivity index (χ2n) is 1.72. The minimum atomic E-state index is -0.0984. The summed E-state index contributed by atoms with van der Waals surface area (Å²) >= 11 is 1.16. The minimum absolute atomic E-state index is 0.0984. The first-order chi connectivity index (χ1) is 4.88. The van der Waals surface area contributed by atoms with Crippen LogP contribution in [-0.2, 0) is 0 Å². The molecule has 0 amide bonds. The minimum Gasteiger partial charge on any atom is -0.302 e. The summed E-state index contributed by atoms with van der Waals surface area (Å²) < 4.78 is 7.82. The van der Waals surface area contributed by atoms with Crippen molar-refractivity contribution in [3.8, 4) is 12.3 Å². The maximum Gasteiger partial charge on any atom is 0.114 e. The van der Waals surface area contributed by atoms with Crippen molar-refractivity contribution in [2.45, 2.75) is 6.04 Å². The molecule has 4 heteroatoms. The lowest BCUT2D eigenvalue weighted by Crippen LogP contribution is -2.14. The Morgan fingerprint density at radius 1 is 1.90 bits per heavy atom. The maximum atomic E-state index is 5.20. The van der Waals surface area contributed by atoms with E-state index in [1.54, 1.807) is 13.2 Å². The predicted molar refractivity (Wildman–Crippen MR) is 40.5 cm³/mol. The zero-order chi connectivity index (χ0) is 7.40. The summed E-state index contributed by atoms with van der Waals surface area (Å²) in [6.45, 7) is 0. The number of hydrogen-bond acceptors (Lipinski definition) is 4. The van der Waals surface area contributed by atoms with Crippen LogP contribution in [0, 0.1) is 12.3 Å². The lowest BCUT2D eigenvalue weighted by Gasteiger charge is -2.02. The Bertz CT molecular complexity index is 224. The Labute approximate surface area is 63.8 Å². The number of rotatable bonds is 2. The molecule has 1 aromatic rings. The molecular weight excluding hydrogens is 146 g/mol. The van der Waals surface area contributed by atoms with Gasteiger partial charge in [0.15, 0.2) is 0 Å². The van der Waals surface area contributed by atoms with Gasteiger partial charge in [-0.2, -0.15) is 8.75 Å². The third-order valence-corrected chi connectivity index (χ3v) is 1.62. The Balaban J connectivity index is 2.76. The Morgan fingerprint density at radius 2 is 2.70 bits per heavy atom. The molecule has 0 bridgehead atoms. The zero-order valence-corrected chi connectivity index (χ0v) is 6.35. The smallest absolute Gasteiger partial charge is 0.114 e. The van der Waals surface area contributed by atoms with Crippen molar-refractivity contribution in [2.75, 3.05) is 7.05 Å². The molecule has 52 valence electrons. The van der Waals surface area contributed by atoms with Gasteiger partial charge in [-0.3, -0.25) is 0 Å². The Morgan fingerprint density at radius 3 is 3.10 bits per heavy atom. The summed E-state index contributed by atoms with van der Waals surface area (Å²) in [7, 11) is 1.80. The van der Waals surface area contributed by atoms with Crippen LogP contribution in [0.25, 0.3) is 0 Å². The van der Waals surface area contributed by atoms with Crippen LogP contribution in [-0.4, -0.2) is 15.8 Å². The van der Waals surface area contributed by atoms with E-state index in [9.17, 15) is 0 Å². The van der Waals surface area contributed by atoms with E-state index in [0.29, 0.717) is 0 Å². The molecule has 0 aliphatic rings. The molecule has 1 N–H and O–H groups in total. The molecule has 1 heterocycles. The van der Waals surface area contributed by atoms with Gasteiger partial charge in [0.2, 0.25) is 0 Å². The molecule has 0 aromatic carbocycles. The van der Waals surface area contributed by atoms with Gasteiger partial charge in [0.05, 0.1) is 17.9 Å². The van der Waals surface area contributed by atoms with Crippen molar-refractivity contribution in [1.82, 2.24) is 14.1 Å². The van der Waals surface area contributed by atoms with Crippen LogP contribution in [0.5, 0.6) is 0 Å². The molecule has 3 nitrogen and oxygen atoms in total. The van der Waals surface area contributed by atoms with Crippen LogP contribution < -0.4 is 5.32 Å². The van der Waals surface area contributed by atoms with Crippen LogP contribution >= 0.6 is 11.7 Å². The molecule has 1 unspecified atom stereocenters. The van der Waals surface area contributed by atoms with Crippen molar-refractivity contribution < 1.29 is 0 Å². The largest absolute Gasteiger partial charge is 0.302 e. The highest BCUT2D eigenvalue weighted by Gasteiger charge is 2.06. The van der Waals surface area contributed by atoms with Crippen molar-refractivity contribution in [2.24, 2.45) is 0 Å². The SMILES string of the molecule is C#CC(NC)c1cnsn1. The standard InChI is InChI=1S/C6H7N3S/c1-3-5(7-2)6-4-8-10-9-6/h1,4-5,7H,2H3. The van der Waals surface area contributed by atoms with E-state index >= 15 is 0 Å². The van der Waals surface area contributed by atoms with Gasteiger partial charge in [0.25, 0.3) is 0 Å². The molecule has 10 heavy (non-hydrogen) atoms. The summed E-state index contributed by atoms with van der Waals surface area (Å²) in [5.74, 6) is 2.55. The third kappa shape index (κ3) is 1.32. The zero-order valence-electron chi connectivity index (χ0n) is 5.53. The fraction of sp³-hybridized carbons (Fsp3) is 0.333. The van der Waals surface area contributed by atoms with Gasteiger partial charge in [-0.05, 0) is 7.05 Å². The second-order valence-corrected chi connectivity index (χ2v) is 2.28. The molecule has 0 saturated carbocycles. The molecular formula is C6H7N3S. The normalized spacial score (nSPS) is 12.4. The van der Waals surface area contributed by atoms with E-state index in [4.69, 9.17) is 6.42 Å². The van der Waals surface area contributed by atoms with E-state index in [0.717, 1.165) is 17.4 Å². The van der Waals surface area contributed by atoms with E-state index in [2.05, 4.69) is 20.0 Å². The second kappa shape index (κ2) is 3.30. The monoisotopic (exact) mass is 153 g/mol. The van der Waals surface area contributed by atoms with Gasteiger partial charge in [0.1, 0.15) is 11.7 Å². The molecule has 0 aliphatic heterocycles. The summed E-state index contributed by atoms with van der Waals surface area (Å²) in [5, 5.41) is 2.92. The van der Waals surface area contributed by atoms with Crippen molar-refractivity contribution >= 4 is 11.7 Å². The van der Waals surface area contributed by atoms with E-state index < -0.39 is 0 Å². The van der Waals surface area contributed by atoms with Crippen LogP contribution in [0.4, 0.5) is 0 Å².